The highest BCUT2D eigenvalue weighted by Crippen LogP contribution is 2.13. The molecule has 0 aromatic heterocycles. The van der Waals surface area contributed by atoms with Crippen molar-refractivity contribution in [2.75, 3.05) is 0 Å². The molecule has 0 radical (unpaired) electrons. The smallest absolute Gasteiger partial charge is 0.132 e. The minimum Gasteiger partial charge on any atom is -0.300 e. The summed E-state index contributed by atoms with van der Waals surface area (Å²) in [5.41, 5.74) is 0. The Morgan fingerprint density at radius 3 is 0.917 bits per heavy atom. The zero-order valence-electron chi connectivity index (χ0n) is 25.0. The van der Waals surface area contributed by atoms with Crippen molar-refractivity contribution >= 4 is 5.78 Å². The van der Waals surface area contributed by atoms with Crippen LogP contribution in [0.15, 0.2) is 24.3 Å². The van der Waals surface area contributed by atoms with E-state index >= 15 is 0 Å². The number of Topliss-reactive ketones (excluding diaryl/α,β-unsaturated/α-hetero) is 1. The fourth-order valence-corrected chi connectivity index (χ4v) is 4.91. The number of hydrogen-bond donors (Lipinski definition) is 0. The SMILES string of the molecule is CCCCCCCC/C=C\CCCCCCCC(=O)CCCCCC/C=C\CCCCCCCCC. The minimum atomic E-state index is 0.502. The molecule has 0 saturated carbocycles. The predicted octanol–water partition coefficient (Wildman–Crippen LogP) is 12.6. The summed E-state index contributed by atoms with van der Waals surface area (Å²) in [7, 11) is 0. The molecular formula is C35H66O. The molecule has 0 amide bonds. The lowest BCUT2D eigenvalue weighted by atomic mass is 10.0. The first-order valence-corrected chi connectivity index (χ1v) is 16.6. The molecule has 0 aromatic carbocycles. The first kappa shape index (κ1) is 35.2. The van der Waals surface area contributed by atoms with Crippen molar-refractivity contribution < 1.29 is 4.79 Å². The lowest BCUT2D eigenvalue weighted by molar-refractivity contribution is -0.119. The van der Waals surface area contributed by atoms with Gasteiger partial charge in [-0.3, -0.25) is 4.79 Å². The second-order valence-electron chi connectivity index (χ2n) is 11.2. The molecule has 0 bridgehead atoms. The largest absolute Gasteiger partial charge is 0.300 e. The third-order valence-corrected chi connectivity index (χ3v) is 7.43. The van der Waals surface area contributed by atoms with Crippen molar-refractivity contribution in [1.29, 1.82) is 0 Å². The molecular weight excluding hydrogens is 436 g/mol. The maximum atomic E-state index is 12.1. The molecule has 36 heavy (non-hydrogen) atoms. The van der Waals surface area contributed by atoms with Crippen LogP contribution in [0.1, 0.15) is 194 Å². The maximum Gasteiger partial charge on any atom is 0.132 e. The van der Waals surface area contributed by atoms with Gasteiger partial charge in [-0.1, -0.05) is 141 Å². The van der Waals surface area contributed by atoms with Crippen LogP contribution in [0.5, 0.6) is 0 Å². The molecule has 0 fully saturated rings. The number of unbranched alkanes of at least 4 members (excludes halogenated alkanes) is 22. The van der Waals surface area contributed by atoms with Gasteiger partial charge in [0.2, 0.25) is 0 Å². The Morgan fingerprint density at radius 1 is 0.361 bits per heavy atom. The zero-order valence-corrected chi connectivity index (χ0v) is 25.0. The quantitative estimate of drug-likeness (QED) is 0.0704. The van der Waals surface area contributed by atoms with Gasteiger partial charge in [-0.25, -0.2) is 0 Å². The van der Waals surface area contributed by atoms with Gasteiger partial charge in [0, 0.05) is 12.8 Å². The number of rotatable bonds is 30. The van der Waals surface area contributed by atoms with Crippen LogP contribution in [0.4, 0.5) is 0 Å². The summed E-state index contributed by atoms with van der Waals surface area (Å²) in [5, 5.41) is 0. The normalized spacial score (nSPS) is 11.8. The van der Waals surface area contributed by atoms with Gasteiger partial charge in [0.05, 0.1) is 0 Å². The van der Waals surface area contributed by atoms with Crippen LogP contribution in [0.3, 0.4) is 0 Å². The molecule has 212 valence electrons. The third kappa shape index (κ3) is 31.2. The van der Waals surface area contributed by atoms with Gasteiger partial charge in [0.1, 0.15) is 5.78 Å². The van der Waals surface area contributed by atoms with Gasteiger partial charge in [0.15, 0.2) is 0 Å². The van der Waals surface area contributed by atoms with E-state index in [0.29, 0.717) is 5.78 Å². The van der Waals surface area contributed by atoms with Gasteiger partial charge < -0.3 is 0 Å². The molecule has 0 N–H and O–H groups in total. The summed E-state index contributed by atoms with van der Waals surface area (Å²) in [6.45, 7) is 4.56. The van der Waals surface area contributed by atoms with Crippen LogP contribution < -0.4 is 0 Å². The van der Waals surface area contributed by atoms with E-state index in [1.165, 1.54) is 154 Å². The van der Waals surface area contributed by atoms with E-state index in [-0.39, 0.29) is 0 Å². The van der Waals surface area contributed by atoms with Crippen molar-refractivity contribution in [3.05, 3.63) is 24.3 Å². The minimum absolute atomic E-state index is 0.502. The van der Waals surface area contributed by atoms with Gasteiger partial charge in [-0.2, -0.15) is 0 Å². The topological polar surface area (TPSA) is 17.1 Å². The highest BCUT2D eigenvalue weighted by molar-refractivity contribution is 5.78. The molecule has 0 aliphatic heterocycles. The molecule has 1 nitrogen and oxygen atoms in total. The first-order chi connectivity index (χ1) is 17.8. The van der Waals surface area contributed by atoms with Crippen LogP contribution >= 0.6 is 0 Å². The molecule has 0 aromatic rings. The zero-order chi connectivity index (χ0) is 26.2. The Kier molecular flexibility index (Phi) is 31.4. The Morgan fingerprint density at radius 2 is 0.611 bits per heavy atom. The summed E-state index contributed by atoms with van der Waals surface area (Å²) >= 11 is 0. The number of carbonyl (C=O) groups excluding carboxylic acids is 1. The Balaban J connectivity index is 3.24. The molecule has 0 spiro atoms. The molecule has 0 rings (SSSR count). The highest BCUT2D eigenvalue weighted by atomic mass is 16.1. The van der Waals surface area contributed by atoms with E-state index < -0.39 is 0 Å². The molecule has 1 heteroatoms. The van der Waals surface area contributed by atoms with Crippen molar-refractivity contribution in [1.82, 2.24) is 0 Å². The average Bonchev–Trinajstić information content (AvgIpc) is 2.88. The second-order valence-corrected chi connectivity index (χ2v) is 11.2. The standard InChI is InChI=1S/C35H66O/c1-3-5-7-9-11-13-15-17-19-21-23-25-27-29-31-33-35(36)34-32-30-28-26-24-22-20-18-16-14-12-10-8-6-4-2/h17,19-20,22H,3-16,18,21,23-34H2,1-2H3/b19-17-,22-20-. The monoisotopic (exact) mass is 503 g/mol. The maximum absolute atomic E-state index is 12.1. The van der Waals surface area contributed by atoms with Gasteiger partial charge in [-0.05, 0) is 64.2 Å². The Bertz CT molecular complexity index is 475. The van der Waals surface area contributed by atoms with E-state index in [1.54, 1.807) is 0 Å². The average molecular weight is 503 g/mol. The number of hydrogen-bond acceptors (Lipinski definition) is 1. The summed E-state index contributed by atoms with van der Waals surface area (Å²) in [6, 6.07) is 0. The number of carbonyl (C=O) groups is 1. The second kappa shape index (κ2) is 32.2. The Hall–Kier alpha value is -0.850. The molecule has 0 aliphatic carbocycles. The van der Waals surface area contributed by atoms with Gasteiger partial charge >= 0.3 is 0 Å². The van der Waals surface area contributed by atoms with Crippen LogP contribution in [0.25, 0.3) is 0 Å². The molecule has 0 unspecified atom stereocenters. The van der Waals surface area contributed by atoms with Crippen molar-refractivity contribution in [2.24, 2.45) is 0 Å². The van der Waals surface area contributed by atoms with Crippen LogP contribution in [0, 0.1) is 0 Å². The van der Waals surface area contributed by atoms with Crippen molar-refractivity contribution in [2.45, 2.75) is 194 Å². The number of ketones is 1. The molecule has 0 atom stereocenters. The van der Waals surface area contributed by atoms with Gasteiger partial charge in [0.25, 0.3) is 0 Å². The van der Waals surface area contributed by atoms with Crippen molar-refractivity contribution in [3.8, 4) is 0 Å². The molecule has 0 saturated heterocycles. The van der Waals surface area contributed by atoms with E-state index in [9.17, 15) is 4.79 Å². The van der Waals surface area contributed by atoms with Crippen LogP contribution in [-0.4, -0.2) is 5.78 Å². The molecule has 0 heterocycles. The first-order valence-electron chi connectivity index (χ1n) is 16.6. The molecule has 0 aliphatic rings. The predicted molar refractivity (Wildman–Crippen MR) is 164 cm³/mol. The van der Waals surface area contributed by atoms with E-state index in [2.05, 4.69) is 38.2 Å². The van der Waals surface area contributed by atoms with Crippen molar-refractivity contribution in [3.63, 3.8) is 0 Å². The van der Waals surface area contributed by atoms with Gasteiger partial charge in [-0.15, -0.1) is 0 Å². The summed E-state index contributed by atoms with van der Waals surface area (Å²) in [5.74, 6) is 0.502. The Labute approximate surface area is 228 Å². The number of allylic oxidation sites excluding steroid dienone is 4. The summed E-state index contributed by atoms with van der Waals surface area (Å²) in [6.07, 6.45) is 45.5. The van der Waals surface area contributed by atoms with E-state index in [4.69, 9.17) is 0 Å². The van der Waals surface area contributed by atoms with Crippen LogP contribution in [-0.2, 0) is 4.79 Å². The highest BCUT2D eigenvalue weighted by Gasteiger charge is 2.01. The van der Waals surface area contributed by atoms with E-state index in [1.807, 2.05) is 0 Å². The lowest BCUT2D eigenvalue weighted by Crippen LogP contribution is -1.97. The van der Waals surface area contributed by atoms with Crippen LogP contribution in [0.2, 0.25) is 0 Å². The summed E-state index contributed by atoms with van der Waals surface area (Å²) < 4.78 is 0. The third-order valence-electron chi connectivity index (χ3n) is 7.43. The fraction of sp³-hybridized carbons (Fsp3) is 0.857. The van der Waals surface area contributed by atoms with E-state index in [0.717, 1.165) is 25.7 Å². The fourth-order valence-electron chi connectivity index (χ4n) is 4.91. The lowest BCUT2D eigenvalue weighted by Gasteiger charge is -2.02. The summed E-state index contributed by atoms with van der Waals surface area (Å²) in [4.78, 5) is 12.1.